The monoisotopic (exact) mass is 536 g/mol. The number of Topliss-reactive ketones (excluding diaryl/α,β-unsaturated/α-hetero) is 1. The van der Waals surface area contributed by atoms with Crippen LogP contribution >= 0.6 is 0 Å². The topological polar surface area (TPSA) is 105 Å². The number of likely N-dealkylation sites (N-methyl/N-ethyl adjacent to an activating group) is 1. The molecule has 1 atom stereocenters. The number of aromatic amines is 1. The van der Waals surface area contributed by atoms with Crippen LogP contribution in [-0.2, 0) is 6.42 Å². The fourth-order valence-electron chi connectivity index (χ4n) is 5.20. The molecule has 10 heteroatoms. The van der Waals surface area contributed by atoms with Crippen LogP contribution in [-0.4, -0.2) is 92.4 Å². The van der Waals surface area contributed by atoms with Crippen molar-refractivity contribution >= 4 is 16.7 Å². The molecule has 5 heterocycles. The van der Waals surface area contributed by atoms with E-state index in [0.29, 0.717) is 11.4 Å². The summed E-state index contributed by atoms with van der Waals surface area (Å²) in [6.07, 6.45) is 11.1. The maximum Gasteiger partial charge on any atom is 0.188 e. The number of rotatable bonds is 9. The van der Waals surface area contributed by atoms with E-state index in [4.69, 9.17) is 4.74 Å². The molecule has 6 rings (SSSR count). The van der Waals surface area contributed by atoms with E-state index in [9.17, 15) is 4.79 Å². The van der Waals surface area contributed by atoms with Crippen molar-refractivity contribution in [2.24, 2.45) is 0 Å². The first-order chi connectivity index (χ1) is 19.6. The van der Waals surface area contributed by atoms with Crippen molar-refractivity contribution in [3.8, 4) is 16.9 Å². The summed E-state index contributed by atoms with van der Waals surface area (Å²) in [4.78, 5) is 26.8. The van der Waals surface area contributed by atoms with E-state index in [1.807, 2.05) is 47.4 Å². The number of ether oxygens (including phenoxy) is 1. The molecule has 0 amide bonds. The van der Waals surface area contributed by atoms with Gasteiger partial charge >= 0.3 is 0 Å². The van der Waals surface area contributed by atoms with Crippen LogP contribution in [0.15, 0.2) is 73.6 Å². The van der Waals surface area contributed by atoms with E-state index in [0.717, 1.165) is 65.9 Å². The molecule has 0 bridgehead atoms. The summed E-state index contributed by atoms with van der Waals surface area (Å²) in [5, 5.41) is 12.9. The van der Waals surface area contributed by atoms with Gasteiger partial charge in [-0.05, 0) is 48.0 Å². The fraction of sp³-hybridized carbons (Fsp3) is 0.300. The van der Waals surface area contributed by atoms with Gasteiger partial charge in [0.15, 0.2) is 5.78 Å². The Morgan fingerprint density at radius 2 is 1.90 bits per heavy atom. The number of benzene rings is 1. The first-order valence-electron chi connectivity index (χ1n) is 13.4. The normalized spacial score (nSPS) is 15.3. The van der Waals surface area contributed by atoms with E-state index in [1.54, 1.807) is 31.9 Å². The summed E-state index contributed by atoms with van der Waals surface area (Å²) in [7, 11) is 3.78. The number of hydrogen-bond acceptors (Lipinski definition) is 8. The molecule has 40 heavy (non-hydrogen) atoms. The Hall–Kier alpha value is -4.41. The van der Waals surface area contributed by atoms with Crippen LogP contribution in [0.4, 0.5) is 0 Å². The number of methoxy groups -OCH3 is 1. The summed E-state index contributed by atoms with van der Waals surface area (Å²) in [6.45, 7) is 4.97. The van der Waals surface area contributed by atoms with E-state index in [2.05, 4.69) is 48.2 Å². The molecule has 0 aliphatic carbocycles. The molecule has 5 aromatic rings. The van der Waals surface area contributed by atoms with Crippen LogP contribution in [0.5, 0.6) is 5.75 Å². The Bertz CT molecular complexity index is 1600. The molecule has 1 aliphatic rings. The lowest BCUT2D eigenvalue weighted by Crippen LogP contribution is -2.46. The lowest BCUT2D eigenvalue weighted by atomic mass is 10.0. The number of H-pyrrole nitrogens is 1. The quantitative estimate of drug-likeness (QED) is 0.286. The van der Waals surface area contributed by atoms with Crippen molar-refractivity contribution < 1.29 is 9.53 Å². The summed E-state index contributed by atoms with van der Waals surface area (Å²) in [5.41, 5.74) is 5.07. The molecule has 1 fully saturated rings. The third kappa shape index (κ3) is 5.49. The maximum atomic E-state index is 13.4. The highest BCUT2D eigenvalue weighted by molar-refractivity contribution is 6.07. The van der Waals surface area contributed by atoms with E-state index in [-0.39, 0.29) is 18.2 Å². The Labute approximate surface area is 232 Å². The van der Waals surface area contributed by atoms with Crippen molar-refractivity contribution in [1.29, 1.82) is 0 Å². The standard InChI is InChI=1S/C30H32N8O2/c1-36-8-10-37(11-9-36)20-28(23-4-3-7-31-16-23)38-19-21(15-33-38)12-29(39)30-26-6-5-22(14-27(26)34-35-30)24-13-25(40-2)18-32-17-24/h3-7,13-19,28H,8-12,20H2,1-2H3,(H,34,35). The lowest BCUT2D eigenvalue weighted by molar-refractivity contribution is 0.0989. The Kier molecular flexibility index (Phi) is 7.35. The van der Waals surface area contributed by atoms with E-state index >= 15 is 0 Å². The lowest BCUT2D eigenvalue weighted by Gasteiger charge is -2.34. The van der Waals surface area contributed by atoms with E-state index < -0.39 is 0 Å². The maximum absolute atomic E-state index is 13.4. The second kappa shape index (κ2) is 11.4. The van der Waals surface area contributed by atoms with Crippen LogP contribution in [0.3, 0.4) is 0 Å². The minimum atomic E-state index is -0.0569. The number of carbonyl (C=O) groups excluding carboxylic acids is 1. The number of ketones is 1. The Morgan fingerprint density at radius 3 is 2.70 bits per heavy atom. The van der Waals surface area contributed by atoms with Crippen molar-refractivity contribution in [1.82, 2.24) is 39.7 Å². The third-order valence-electron chi connectivity index (χ3n) is 7.54. The van der Waals surface area contributed by atoms with Crippen molar-refractivity contribution in [3.63, 3.8) is 0 Å². The average Bonchev–Trinajstić information content (AvgIpc) is 3.64. The van der Waals surface area contributed by atoms with Gasteiger partial charge in [-0.15, -0.1) is 0 Å². The number of carbonyl (C=O) groups is 1. The predicted molar refractivity (Wildman–Crippen MR) is 152 cm³/mol. The number of piperazine rings is 1. The summed E-state index contributed by atoms with van der Waals surface area (Å²) >= 11 is 0. The minimum Gasteiger partial charge on any atom is -0.495 e. The van der Waals surface area contributed by atoms with Crippen LogP contribution < -0.4 is 4.74 Å². The zero-order chi connectivity index (χ0) is 27.5. The van der Waals surface area contributed by atoms with Crippen LogP contribution in [0.1, 0.15) is 27.7 Å². The highest BCUT2D eigenvalue weighted by Crippen LogP contribution is 2.27. The predicted octanol–water partition coefficient (Wildman–Crippen LogP) is 3.49. The van der Waals surface area contributed by atoms with Gasteiger partial charge in [0.05, 0.1) is 31.1 Å². The van der Waals surface area contributed by atoms with Gasteiger partial charge < -0.3 is 9.64 Å². The van der Waals surface area contributed by atoms with Crippen LogP contribution in [0.25, 0.3) is 22.0 Å². The van der Waals surface area contributed by atoms with Crippen LogP contribution in [0, 0.1) is 0 Å². The van der Waals surface area contributed by atoms with Gasteiger partial charge in [-0.25, -0.2) is 0 Å². The van der Waals surface area contributed by atoms with Gasteiger partial charge in [-0.1, -0.05) is 12.1 Å². The third-order valence-corrected chi connectivity index (χ3v) is 7.54. The number of fused-ring (bicyclic) bond motifs is 1. The number of hydrogen-bond donors (Lipinski definition) is 1. The zero-order valence-corrected chi connectivity index (χ0v) is 22.7. The smallest absolute Gasteiger partial charge is 0.188 e. The Balaban J connectivity index is 1.20. The molecular formula is C30H32N8O2. The molecular weight excluding hydrogens is 504 g/mol. The van der Waals surface area contributed by atoms with Gasteiger partial charge in [0.1, 0.15) is 11.4 Å². The Morgan fingerprint density at radius 1 is 1.02 bits per heavy atom. The molecule has 204 valence electrons. The van der Waals surface area contributed by atoms with E-state index in [1.165, 1.54) is 0 Å². The molecule has 0 saturated carbocycles. The van der Waals surface area contributed by atoms with Gasteiger partial charge in [-0.3, -0.25) is 29.4 Å². The second-order valence-corrected chi connectivity index (χ2v) is 10.3. The summed E-state index contributed by atoms with van der Waals surface area (Å²) in [6, 6.07) is 11.9. The first kappa shape index (κ1) is 25.8. The summed E-state index contributed by atoms with van der Waals surface area (Å²) in [5.74, 6) is 0.631. The molecule has 1 aliphatic heterocycles. The molecule has 1 unspecified atom stereocenters. The molecule has 0 radical (unpaired) electrons. The van der Waals surface area contributed by atoms with Crippen molar-refractivity contribution in [2.45, 2.75) is 12.5 Å². The number of pyridine rings is 2. The van der Waals surface area contributed by atoms with Crippen molar-refractivity contribution in [2.75, 3.05) is 46.9 Å². The highest BCUT2D eigenvalue weighted by atomic mass is 16.5. The number of aromatic nitrogens is 6. The molecule has 1 N–H and O–H groups in total. The van der Waals surface area contributed by atoms with Gasteiger partial charge in [0.2, 0.25) is 0 Å². The zero-order valence-electron chi connectivity index (χ0n) is 22.7. The molecule has 0 spiro atoms. The van der Waals surface area contributed by atoms with Gasteiger partial charge in [0.25, 0.3) is 0 Å². The summed E-state index contributed by atoms with van der Waals surface area (Å²) < 4.78 is 7.27. The molecule has 1 saturated heterocycles. The minimum absolute atomic E-state index is 0.0108. The van der Waals surface area contributed by atoms with Gasteiger partial charge in [0, 0.05) is 74.9 Å². The largest absolute Gasteiger partial charge is 0.495 e. The number of nitrogens with zero attached hydrogens (tertiary/aromatic N) is 7. The second-order valence-electron chi connectivity index (χ2n) is 10.3. The first-order valence-corrected chi connectivity index (χ1v) is 13.4. The average molecular weight is 537 g/mol. The van der Waals surface area contributed by atoms with Crippen molar-refractivity contribution in [3.05, 3.63) is 90.4 Å². The number of nitrogens with one attached hydrogen (secondary N) is 1. The highest BCUT2D eigenvalue weighted by Gasteiger charge is 2.23. The molecule has 1 aromatic carbocycles. The fourth-order valence-corrected chi connectivity index (χ4v) is 5.20. The SMILES string of the molecule is COc1cncc(-c2ccc3c(C(=O)Cc4cnn(C(CN5CCN(C)CC5)c5cccnc5)c4)n[nH]c3c2)c1. The van der Waals surface area contributed by atoms with Crippen LogP contribution in [0.2, 0.25) is 0 Å². The molecule has 4 aromatic heterocycles. The molecule has 10 nitrogen and oxygen atoms in total. The van der Waals surface area contributed by atoms with Gasteiger partial charge in [-0.2, -0.15) is 10.2 Å².